The normalized spacial score (nSPS) is 9.69. The standard InChI is InChI=1S/C11H12N4O/c1-2-7-16-10-5-3-9(4-6-10)8-14-15-11(12)13/h1,3-6,8H,7H2,(H4,12,13,15)/b14-8-. The van der Waals surface area contributed by atoms with Crippen molar-refractivity contribution in [3.63, 3.8) is 0 Å². The second-order valence-electron chi connectivity index (χ2n) is 2.83. The summed E-state index contributed by atoms with van der Waals surface area (Å²) < 4.78 is 5.20. The fourth-order valence-corrected chi connectivity index (χ4v) is 0.937. The van der Waals surface area contributed by atoms with E-state index in [2.05, 4.69) is 16.1 Å². The summed E-state index contributed by atoms with van der Waals surface area (Å²) in [7, 11) is 0. The van der Waals surface area contributed by atoms with Gasteiger partial charge in [-0.05, 0) is 29.8 Å². The molecule has 16 heavy (non-hydrogen) atoms. The van der Waals surface area contributed by atoms with Gasteiger partial charge >= 0.3 is 0 Å². The third kappa shape index (κ3) is 4.15. The first-order valence-corrected chi connectivity index (χ1v) is 4.50. The summed E-state index contributed by atoms with van der Waals surface area (Å²) in [5.41, 5.74) is 11.1. The van der Waals surface area contributed by atoms with Crippen LogP contribution < -0.4 is 16.2 Å². The lowest BCUT2D eigenvalue weighted by molar-refractivity contribution is 0.370. The Kier molecular flexibility index (Phi) is 4.41. The van der Waals surface area contributed by atoms with E-state index in [-0.39, 0.29) is 12.6 Å². The van der Waals surface area contributed by atoms with E-state index in [9.17, 15) is 0 Å². The molecule has 0 spiro atoms. The molecule has 0 saturated heterocycles. The second-order valence-corrected chi connectivity index (χ2v) is 2.83. The van der Waals surface area contributed by atoms with Crippen LogP contribution in [0.2, 0.25) is 0 Å². The molecule has 0 aliphatic carbocycles. The summed E-state index contributed by atoms with van der Waals surface area (Å²) in [6.07, 6.45) is 6.60. The molecule has 0 aliphatic rings. The Bertz CT molecular complexity index is 424. The Hall–Kier alpha value is -2.48. The third-order valence-corrected chi connectivity index (χ3v) is 1.58. The van der Waals surface area contributed by atoms with E-state index >= 15 is 0 Å². The van der Waals surface area contributed by atoms with Gasteiger partial charge in [0.1, 0.15) is 12.4 Å². The molecule has 0 aromatic heterocycles. The van der Waals surface area contributed by atoms with Crippen LogP contribution in [0.5, 0.6) is 5.75 Å². The van der Waals surface area contributed by atoms with Gasteiger partial charge in [-0.15, -0.1) is 11.5 Å². The van der Waals surface area contributed by atoms with Crippen molar-refractivity contribution in [2.75, 3.05) is 6.61 Å². The van der Waals surface area contributed by atoms with Crippen LogP contribution in [0, 0.1) is 12.3 Å². The van der Waals surface area contributed by atoms with E-state index in [1.54, 1.807) is 12.1 Å². The highest BCUT2D eigenvalue weighted by molar-refractivity contribution is 5.81. The number of hydrogen-bond acceptors (Lipinski definition) is 3. The van der Waals surface area contributed by atoms with Gasteiger partial charge < -0.3 is 16.2 Å². The van der Waals surface area contributed by atoms with Gasteiger partial charge in [-0.25, -0.2) is 0 Å². The molecule has 0 unspecified atom stereocenters. The molecule has 0 bridgehead atoms. The second kappa shape index (κ2) is 6.09. The molecule has 0 fully saturated rings. The van der Waals surface area contributed by atoms with E-state index in [0.29, 0.717) is 5.75 Å². The highest BCUT2D eigenvalue weighted by atomic mass is 16.5. The average Bonchev–Trinajstić information content (AvgIpc) is 2.27. The van der Waals surface area contributed by atoms with Crippen LogP contribution in [0.3, 0.4) is 0 Å². The lowest BCUT2D eigenvalue weighted by Gasteiger charge is -2.01. The third-order valence-electron chi connectivity index (χ3n) is 1.58. The van der Waals surface area contributed by atoms with Crippen molar-refractivity contribution in [3.8, 4) is 18.1 Å². The zero-order valence-electron chi connectivity index (χ0n) is 8.63. The Balaban J connectivity index is 2.61. The van der Waals surface area contributed by atoms with Crippen LogP contribution in [0.4, 0.5) is 0 Å². The molecule has 1 aromatic carbocycles. The average molecular weight is 216 g/mol. The first-order chi connectivity index (χ1) is 7.72. The molecule has 1 rings (SSSR count). The maximum absolute atomic E-state index is 5.20. The van der Waals surface area contributed by atoms with Gasteiger partial charge in [-0.3, -0.25) is 0 Å². The summed E-state index contributed by atoms with van der Waals surface area (Å²) in [5.74, 6) is 3.01. The quantitative estimate of drug-likeness (QED) is 0.328. The Morgan fingerprint density at radius 3 is 2.62 bits per heavy atom. The van der Waals surface area contributed by atoms with Crippen molar-refractivity contribution >= 4 is 12.2 Å². The van der Waals surface area contributed by atoms with Gasteiger partial charge in [0.25, 0.3) is 0 Å². The molecule has 82 valence electrons. The molecule has 0 amide bonds. The van der Waals surface area contributed by atoms with Crippen molar-refractivity contribution in [2.45, 2.75) is 0 Å². The number of ether oxygens (including phenoxy) is 1. The first-order valence-electron chi connectivity index (χ1n) is 4.50. The number of nitrogens with two attached hydrogens (primary N) is 2. The molecular weight excluding hydrogens is 204 g/mol. The van der Waals surface area contributed by atoms with Crippen LogP contribution in [-0.4, -0.2) is 18.8 Å². The maximum atomic E-state index is 5.20. The molecule has 5 heteroatoms. The molecular formula is C11H12N4O. The lowest BCUT2D eigenvalue weighted by Crippen LogP contribution is -2.21. The van der Waals surface area contributed by atoms with Crippen molar-refractivity contribution in [1.29, 1.82) is 0 Å². The zero-order valence-corrected chi connectivity index (χ0v) is 8.63. The molecule has 0 heterocycles. The van der Waals surface area contributed by atoms with E-state index < -0.39 is 0 Å². The highest BCUT2D eigenvalue weighted by Crippen LogP contribution is 2.10. The zero-order chi connectivity index (χ0) is 11.8. The van der Waals surface area contributed by atoms with E-state index in [1.807, 2.05) is 12.1 Å². The minimum Gasteiger partial charge on any atom is -0.481 e. The fraction of sp³-hybridized carbons (Fsp3) is 0.0909. The van der Waals surface area contributed by atoms with Gasteiger partial charge in [0, 0.05) is 0 Å². The van der Waals surface area contributed by atoms with Crippen LogP contribution in [0.15, 0.2) is 34.5 Å². The number of terminal acetylenes is 1. The summed E-state index contributed by atoms with van der Waals surface area (Å²) >= 11 is 0. The molecule has 5 nitrogen and oxygen atoms in total. The van der Waals surface area contributed by atoms with Crippen LogP contribution in [0.1, 0.15) is 5.56 Å². The van der Waals surface area contributed by atoms with Crippen molar-refractivity contribution in [3.05, 3.63) is 29.8 Å². The highest BCUT2D eigenvalue weighted by Gasteiger charge is 1.92. The van der Waals surface area contributed by atoms with Crippen LogP contribution in [-0.2, 0) is 0 Å². The summed E-state index contributed by atoms with van der Waals surface area (Å²) in [6, 6.07) is 7.21. The number of benzene rings is 1. The number of guanidine groups is 1. The van der Waals surface area contributed by atoms with Crippen molar-refractivity contribution in [2.24, 2.45) is 21.7 Å². The maximum Gasteiger partial charge on any atom is 0.211 e. The predicted octanol–water partition coefficient (Wildman–Crippen LogP) is 0.306. The number of nitrogens with zero attached hydrogens (tertiary/aromatic N) is 2. The smallest absolute Gasteiger partial charge is 0.211 e. The molecule has 0 saturated carbocycles. The summed E-state index contributed by atoms with van der Waals surface area (Å²) in [6.45, 7) is 0.251. The fourth-order valence-electron chi connectivity index (χ4n) is 0.937. The van der Waals surface area contributed by atoms with Gasteiger partial charge in [-0.2, -0.15) is 5.10 Å². The molecule has 0 aliphatic heterocycles. The van der Waals surface area contributed by atoms with Gasteiger partial charge in [0.15, 0.2) is 0 Å². The Morgan fingerprint density at radius 1 is 1.38 bits per heavy atom. The summed E-state index contributed by atoms with van der Waals surface area (Å²) in [5, 5.41) is 7.15. The van der Waals surface area contributed by atoms with E-state index in [4.69, 9.17) is 22.6 Å². The van der Waals surface area contributed by atoms with E-state index in [0.717, 1.165) is 5.56 Å². The Morgan fingerprint density at radius 2 is 2.06 bits per heavy atom. The molecule has 1 aromatic rings. The van der Waals surface area contributed by atoms with Gasteiger partial charge in [-0.1, -0.05) is 5.92 Å². The van der Waals surface area contributed by atoms with Gasteiger partial charge in [0.2, 0.25) is 5.96 Å². The van der Waals surface area contributed by atoms with Gasteiger partial charge in [0.05, 0.1) is 6.21 Å². The van der Waals surface area contributed by atoms with E-state index in [1.165, 1.54) is 6.21 Å². The number of hydrogen-bond donors (Lipinski definition) is 2. The molecule has 0 atom stereocenters. The lowest BCUT2D eigenvalue weighted by atomic mass is 10.2. The summed E-state index contributed by atoms with van der Waals surface area (Å²) in [4.78, 5) is 0. The largest absolute Gasteiger partial charge is 0.481 e. The first kappa shape index (κ1) is 11.6. The molecule has 0 radical (unpaired) electrons. The SMILES string of the molecule is C#CCOc1ccc(/C=N\N=C(N)N)cc1. The topological polar surface area (TPSA) is 86.0 Å². The monoisotopic (exact) mass is 216 g/mol. The van der Waals surface area contributed by atoms with Crippen molar-refractivity contribution in [1.82, 2.24) is 0 Å². The predicted molar refractivity (Wildman–Crippen MR) is 64.2 cm³/mol. The number of rotatable bonds is 4. The Labute approximate surface area is 93.8 Å². The van der Waals surface area contributed by atoms with Crippen LogP contribution >= 0.6 is 0 Å². The minimum atomic E-state index is -0.0785. The minimum absolute atomic E-state index is 0.0785. The van der Waals surface area contributed by atoms with Crippen LogP contribution in [0.25, 0.3) is 0 Å². The van der Waals surface area contributed by atoms with Crippen molar-refractivity contribution < 1.29 is 4.74 Å². The molecule has 4 N–H and O–H groups in total.